The van der Waals surface area contributed by atoms with Crippen molar-refractivity contribution in [3.63, 3.8) is 0 Å². The number of methoxy groups -OCH3 is 1. The molecule has 0 unspecified atom stereocenters. The molecule has 0 saturated heterocycles. The number of nitrogens with zero attached hydrogens (tertiary/aromatic N) is 1. The molecule has 0 aliphatic heterocycles. The lowest BCUT2D eigenvalue weighted by Gasteiger charge is -2.14. The van der Waals surface area contributed by atoms with E-state index >= 15 is 0 Å². The standard InChI is InChI=1S/C20H25NO8.C15H18F2O/c1-3-4-5-9-20(23)29-17-12-11-16(15-18(17)26-2)8-6-13-27-19(22)10-7-14-28-21(24)25;16-15(17,11-10-13-6-4-5-7-13)12-18-14-8-2-1-3-9-14/h3,6,8,11-12,15H,1,4-5,7,9-10,13-14H2,2H3;1-3,8-11,13H,4-7,12H2/b8-6+;11-10+. The zero-order chi connectivity index (χ0) is 34.3. The van der Waals surface area contributed by atoms with Crippen LogP contribution in [0.25, 0.3) is 6.08 Å². The molecule has 47 heavy (non-hydrogen) atoms. The Hall–Kier alpha value is -4.74. The topological polar surface area (TPSA) is 123 Å². The molecule has 0 N–H and O–H groups in total. The van der Waals surface area contributed by atoms with Gasteiger partial charge in [-0.25, -0.2) is 0 Å². The molecule has 1 aliphatic rings. The summed E-state index contributed by atoms with van der Waals surface area (Å²) in [5.74, 6) is -2.16. The van der Waals surface area contributed by atoms with Crippen LogP contribution in [0.4, 0.5) is 8.78 Å². The Kier molecular flexibility index (Phi) is 17.9. The van der Waals surface area contributed by atoms with E-state index in [1.54, 1.807) is 66.8 Å². The number of halogens is 2. The molecule has 0 heterocycles. The van der Waals surface area contributed by atoms with Crippen molar-refractivity contribution in [2.75, 3.05) is 26.9 Å². The lowest BCUT2D eigenvalue weighted by atomic mass is 10.1. The molecule has 256 valence electrons. The van der Waals surface area contributed by atoms with Crippen molar-refractivity contribution in [1.82, 2.24) is 0 Å². The summed E-state index contributed by atoms with van der Waals surface area (Å²) < 4.78 is 47.7. The molecule has 0 bridgehead atoms. The maximum Gasteiger partial charge on any atom is 0.311 e. The molecule has 0 atom stereocenters. The first-order valence-corrected chi connectivity index (χ1v) is 15.5. The normalized spacial score (nSPS) is 13.1. The Morgan fingerprint density at radius 3 is 2.45 bits per heavy atom. The molecule has 12 heteroatoms. The minimum atomic E-state index is -2.89. The zero-order valence-electron chi connectivity index (χ0n) is 26.7. The molecule has 1 fully saturated rings. The second-order valence-corrected chi connectivity index (χ2v) is 10.6. The zero-order valence-corrected chi connectivity index (χ0v) is 26.7. The average molecular weight is 660 g/mol. The van der Waals surface area contributed by atoms with E-state index in [9.17, 15) is 28.5 Å². The van der Waals surface area contributed by atoms with Crippen LogP contribution in [-0.2, 0) is 19.2 Å². The van der Waals surface area contributed by atoms with Crippen molar-refractivity contribution in [2.24, 2.45) is 5.92 Å². The van der Waals surface area contributed by atoms with E-state index in [1.807, 2.05) is 6.07 Å². The quantitative estimate of drug-likeness (QED) is 0.0369. The third-order valence-electron chi connectivity index (χ3n) is 6.76. The van der Waals surface area contributed by atoms with Crippen molar-refractivity contribution in [1.29, 1.82) is 0 Å². The molecule has 10 nitrogen and oxygen atoms in total. The van der Waals surface area contributed by atoms with Crippen molar-refractivity contribution in [3.8, 4) is 17.2 Å². The first kappa shape index (κ1) is 38.4. The number of alkyl halides is 2. The number of hydrogen-bond acceptors (Lipinski definition) is 9. The third kappa shape index (κ3) is 17.5. The average Bonchev–Trinajstić information content (AvgIpc) is 3.59. The molecule has 2 aromatic rings. The van der Waals surface area contributed by atoms with Crippen LogP contribution < -0.4 is 14.2 Å². The fraction of sp³-hybridized carbons (Fsp3) is 0.429. The highest BCUT2D eigenvalue weighted by Gasteiger charge is 2.27. The Morgan fingerprint density at radius 2 is 1.77 bits per heavy atom. The highest BCUT2D eigenvalue weighted by atomic mass is 19.3. The van der Waals surface area contributed by atoms with Crippen LogP contribution in [0, 0.1) is 16.0 Å². The lowest BCUT2D eigenvalue weighted by Crippen LogP contribution is -2.23. The Morgan fingerprint density at radius 1 is 1.04 bits per heavy atom. The maximum absolute atomic E-state index is 13.6. The van der Waals surface area contributed by atoms with Gasteiger partial charge < -0.3 is 23.8 Å². The fourth-order valence-electron chi connectivity index (χ4n) is 4.36. The number of carbonyl (C=O) groups excluding carboxylic acids is 2. The molecular formula is C35H43F2NO9. The van der Waals surface area contributed by atoms with Crippen molar-refractivity contribution in [3.05, 3.63) is 95.1 Å². The van der Waals surface area contributed by atoms with Gasteiger partial charge in [0, 0.05) is 12.8 Å². The van der Waals surface area contributed by atoms with E-state index in [1.165, 1.54) is 7.11 Å². The molecule has 1 saturated carbocycles. The van der Waals surface area contributed by atoms with E-state index in [0.29, 0.717) is 36.0 Å². The second-order valence-electron chi connectivity index (χ2n) is 10.6. The van der Waals surface area contributed by atoms with Crippen LogP contribution >= 0.6 is 0 Å². The maximum atomic E-state index is 13.6. The van der Waals surface area contributed by atoms with Gasteiger partial charge in [-0.05, 0) is 80.0 Å². The van der Waals surface area contributed by atoms with E-state index in [0.717, 1.165) is 43.7 Å². The monoisotopic (exact) mass is 659 g/mol. The Bertz CT molecular complexity index is 1310. The largest absolute Gasteiger partial charge is 0.493 e. The van der Waals surface area contributed by atoms with E-state index in [4.69, 9.17) is 18.9 Å². The number of allylic oxidation sites excluding steroid dienone is 2. The summed E-state index contributed by atoms with van der Waals surface area (Å²) in [4.78, 5) is 37.4. The van der Waals surface area contributed by atoms with Crippen LogP contribution in [-0.4, -0.2) is 49.9 Å². The summed E-state index contributed by atoms with van der Waals surface area (Å²) in [6, 6.07) is 13.8. The van der Waals surface area contributed by atoms with Gasteiger partial charge in [-0.1, -0.05) is 55.3 Å². The number of unbranched alkanes of at least 4 members (excludes halogenated alkanes) is 1. The van der Waals surface area contributed by atoms with Gasteiger partial charge in [0.2, 0.25) is 0 Å². The minimum Gasteiger partial charge on any atom is -0.493 e. The third-order valence-corrected chi connectivity index (χ3v) is 6.76. The summed E-state index contributed by atoms with van der Waals surface area (Å²) in [5.41, 5.74) is 0.767. The predicted octanol–water partition coefficient (Wildman–Crippen LogP) is 7.95. The first-order chi connectivity index (χ1) is 22.6. The second kappa shape index (κ2) is 21.9. The molecule has 2 aromatic carbocycles. The predicted molar refractivity (Wildman–Crippen MR) is 173 cm³/mol. The van der Waals surface area contributed by atoms with Crippen LogP contribution in [0.1, 0.15) is 63.4 Å². The molecule has 0 aromatic heterocycles. The first-order valence-electron chi connectivity index (χ1n) is 15.5. The molecule has 1 aliphatic carbocycles. The molecular weight excluding hydrogens is 616 g/mol. The van der Waals surface area contributed by atoms with Gasteiger partial charge in [0.25, 0.3) is 11.0 Å². The number of ether oxygens (including phenoxy) is 4. The van der Waals surface area contributed by atoms with Crippen LogP contribution in [0.3, 0.4) is 0 Å². The van der Waals surface area contributed by atoms with Gasteiger partial charge in [-0.15, -0.1) is 16.7 Å². The number of hydrogen-bond donors (Lipinski definition) is 0. The van der Waals surface area contributed by atoms with Crippen LogP contribution in [0.5, 0.6) is 17.2 Å². The van der Waals surface area contributed by atoms with E-state index < -0.39 is 23.6 Å². The van der Waals surface area contributed by atoms with Crippen molar-refractivity contribution < 1.29 is 47.2 Å². The summed E-state index contributed by atoms with van der Waals surface area (Å²) in [6.45, 7) is 2.91. The lowest BCUT2D eigenvalue weighted by molar-refractivity contribution is -0.757. The van der Waals surface area contributed by atoms with E-state index in [2.05, 4.69) is 11.4 Å². The summed E-state index contributed by atoms with van der Waals surface area (Å²) in [7, 11) is 1.47. The van der Waals surface area contributed by atoms with Crippen LogP contribution in [0.15, 0.2) is 79.4 Å². The van der Waals surface area contributed by atoms with Gasteiger partial charge in [0.05, 0.1) is 13.7 Å². The Labute approximate surface area is 274 Å². The Balaban J connectivity index is 0.000000363. The molecule has 0 amide bonds. The summed E-state index contributed by atoms with van der Waals surface area (Å²) in [6.07, 6.45) is 14.1. The van der Waals surface area contributed by atoms with Gasteiger partial charge in [-0.2, -0.15) is 8.78 Å². The highest BCUT2D eigenvalue weighted by Crippen LogP contribution is 2.29. The van der Waals surface area contributed by atoms with Crippen LogP contribution in [0.2, 0.25) is 0 Å². The highest BCUT2D eigenvalue weighted by molar-refractivity contribution is 5.73. The van der Waals surface area contributed by atoms with Crippen molar-refractivity contribution >= 4 is 18.0 Å². The summed E-state index contributed by atoms with van der Waals surface area (Å²) in [5, 5.41) is 9.08. The van der Waals surface area contributed by atoms with Gasteiger partial charge in [0.15, 0.2) is 18.1 Å². The molecule has 0 radical (unpaired) electrons. The van der Waals surface area contributed by atoms with Gasteiger partial charge in [-0.3, -0.25) is 9.59 Å². The number of carbonyl (C=O) groups is 2. The van der Waals surface area contributed by atoms with Gasteiger partial charge >= 0.3 is 11.9 Å². The summed E-state index contributed by atoms with van der Waals surface area (Å²) >= 11 is 0. The molecule has 3 rings (SSSR count). The number of esters is 2. The number of para-hydroxylation sites is 1. The number of rotatable bonds is 19. The molecule has 0 spiro atoms. The van der Waals surface area contributed by atoms with Crippen molar-refractivity contribution in [2.45, 2.75) is 63.7 Å². The SMILES string of the molecule is C=CCCCC(=O)Oc1ccc(/C=C/COC(=O)CCCO[N+](=O)[O-])cc1OC.FC(F)(/C=C/C1CCCC1)COc1ccccc1. The minimum absolute atomic E-state index is 0.0301. The van der Waals surface area contributed by atoms with Gasteiger partial charge in [0.1, 0.15) is 12.4 Å². The number of benzene rings is 2. The van der Waals surface area contributed by atoms with E-state index in [-0.39, 0.29) is 32.0 Å². The smallest absolute Gasteiger partial charge is 0.311 e. The fourth-order valence-corrected chi connectivity index (χ4v) is 4.36.